The van der Waals surface area contributed by atoms with Gasteiger partial charge in [-0.05, 0) is 0 Å². The zero-order valence-corrected chi connectivity index (χ0v) is 10.9. The van der Waals surface area contributed by atoms with Gasteiger partial charge in [0.25, 0.3) is 0 Å². The number of carbonyl (C=O) groups excluding carboxylic acids is 1. The number of benzene rings is 1. The minimum absolute atomic E-state index is 0.126. The number of hydrogen-bond donors (Lipinski definition) is 0. The van der Waals surface area contributed by atoms with Crippen LogP contribution in [0, 0.1) is 0 Å². The molecule has 0 saturated carbocycles. The number of carbonyl (C=O) groups is 1. The van der Waals surface area contributed by atoms with Gasteiger partial charge in [-0.2, -0.15) is 0 Å². The third-order valence-corrected chi connectivity index (χ3v) is 3.95. The number of halogens is 1. The third kappa shape index (κ3) is 1.74. The summed E-state index contributed by atoms with van der Waals surface area (Å²) in [5.74, 6) is 0. The Morgan fingerprint density at radius 3 is 1.79 bits per heavy atom. The van der Waals surface area contributed by atoms with Crippen LogP contribution in [0.4, 0.5) is 0 Å². The second-order valence-electron chi connectivity index (χ2n) is 3.75. The Kier molecular flexibility index (Phi) is 3.41. The molecule has 0 amide bonds. The molecule has 1 rings (SSSR count). The molecular formula is C7H10B5BrO. The fourth-order valence-corrected chi connectivity index (χ4v) is 2.56. The van der Waals surface area contributed by atoms with Gasteiger partial charge in [-0.25, -0.2) is 0 Å². The van der Waals surface area contributed by atoms with Crippen molar-refractivity contribution in [2.75, 3.05) is 0 Å². The lowest BCUT2D eigenvalue weighted by molar-refractivity contribution is 0.108. The Morgan fingerprint density at radius 2 is 1.36 bits per heavy atom. The Bertz CT molecular complexity index is 388. The Hall–Kier alpha value is -0.305. The van der Waals surface area contributed by atoms with Crippen molar-refractivity contribution in [1.29, 1.82) is 0 Å². The minimum Gasteiger partial charge on any atom is -0.307 e. The molecule has 1 nitrogen and oxygen atoms in total. The van der Waals surface area contributed by atoms with Gasteiger partial charge in [-0.3, -0.25) is 0 Å². The van der Waals surface area contributed by atoms with Crippen LogP contribution in [-0.2, 0) is 0 Å². The molecule has 14 heavy (non-hydrogen) atoms. The fourth-order valence-electron chi connectivity index (χ4n) is 1.69. The van der Waals surface area contributed by atoms with Gasteiger partial charge < -0.3 is 4.79 Å². The smallest absolute Gasteiger partial charge is 0.193 e. The van der Waals surface area contributed by atoms with E-state index in [0.717, 1.165) is 15.5 Å². The molecule has 0 saturated heterocycles. The lowest BCUT2D eigenvalue weighted by Crippen LogP contribution is -2.50. The highest BCUT2D eigenvalue weighted by molar-refractivity contribution is 9.10. The van der Waals surface area contributed by atoms with Crippen molar-refractivity contribution < 1.29 is 4.79 Å². The van der Waals surface area contributed by atoms with Crippen LogP contribution in [0.3, 0.4) is 0 Å². The van der Waals surface area contributed by atoms with E-state index in [1.807, 2.05) is 15.7 Å². The summed E-state index contributed by atoms with van der Waals surface area (Å²) in [6.45, 7) is 0. The van der Waals surface area contributed by atoms with Crippen molar-refractivity contribution in [3.05, 3.63) is 10.0 Å². The standard InChI is InChI=1S/C7H10B5BrO/c8-2-1(7(12)14)6(13)5(11)4(10)3(2)9/h8-12H2. The van der Waals surface area contributed by atoms with Crippen LogP contribution in [0.1, 0.15) is 10.4 Å². The molecule has 0 fully saturated rings. The van der Waals surface area contributed by atoms with Crippen molar-refractivity contribution in [2.24, 2.45) is 0 Å². The van der Waals surface area contributed by atoms with E-state index < -0.39 is 0 Å². The lowest BCUT2D eigenvalue weighted by atomic mass is 9.64. The van der Waals surface area contributed by atoms with Gasteiger partial charge in [-0.1, -0.05) is 26.9 Å². The average molecular weight is 244 g/mol. The molecule has 0 aromatic heterocycles. The quantitative estimate of drug-likeness (QED) is 0.450. The van der Waals surface area contributed by atoms with E-state index in [9.17, 15) is 4.79 Å². The second-order valence-corrected chi connectivity index (χ2v) is 4.54. The molecule has 0 radical (unpaired) electrons. The van der Waals surface area contributed by atoms with Crippen molar-refractivity contribution in [3.8, 4) is 0 Å². The molecule has 0 spiro atoms. The maximum Gasteiger partial charge on any atom is 0.193 e. The molecule has 0 atom stereocenters. The van der Waals surface area contributed by atoms with Crippen LogP contribution in [0.5, 0.6) is 0 Å². The van der Waals surface area contributed by atoms with E-state index in [4.69, 9.17) is 0 Å². The van der Waals surface area contributed by atoms with E-state index in [-0.39, 0.29) is 5.68 Å². The molecular weight excluding hydrogens is 234 g/mol. The highest BCUT2D eigenvalue weighted by Crippen LogP contribution is 2.08. The third-order valence-electron chi connectivity index (χ3n) is 2.96. The van der Waals surface area contributed by atoms with Gasteiger partial charge in [0.1, 0.15) is 37.1 Å². The molecule has 1 aromatic carbocycles. The number of hydrogen-bond acceptors (Lipinski definition) is 1. The van der Waals surface area contributed by atoms with Gasteiger partial charge in [0.2, 0.25) is 0 Å². The van der Waals surface area contributed by atoms with E-state index in [2.05, 4.69) is 31.6 Å². The fraction of sp³-hybridized carbons (Fsp3) is 0. The predicted molar refractivity (Wildman–Crippen MR) is 79.7 cm³/mol. The van der Waals surface area contributed by atoms with Crippen LogP contribution in [-0.4, -0.2) is 44.9 Å². The summed E-state index contributed by atoms with van der Waals surface area (Å²) in [6.07, 6.45) is 0. The van der Waals surface area contributed by atoms with Gasteiger partial charge in [0, 0.05) is 10.0 Å². The first-order chi connectivity index (χ1) is 6.37. The van der Waals surface area contributed by atoms with Crippen LogP contribution in [0.25, 0.3) is 0 Å². The SMILES string of the molecule is BC(=O)c1c(B)c(B)c(B)c(B)c1Br. The molecule has 0 aliphatic rings. The van der Waals surface area contributed by atoms with E-state index in [0.29, 0.717) is 0 Å². The Morgan fingerprint density at radius 1 is 0.929 bits per heavy atom. The minimum atomic E-state index is 0.126. The van der Waals surface area contributed by atoms with Gasteiger partial charge in [0.05, 0.1) is 0 Å². The van der Waals surface area contributed by atoms with Gasteiger partial charge in [0.15, 0.2) is 7.85 Å². The normalized spacial score (nSPS) is 10.1. The van der Waals surface area contributed by atoms with Crippen molar-refractivity contribution in [2.45, 2.75) is 0 Å². The molecule has 1 aromatic rings. The van der Waals surface area contributed by atoms with Crippen LogP contribution in [0.15, 0.2) is 4.47 Å². The van der Waals surface area contributed by atoms with Gasteiger partial charge >= 0.3 is 0 Å². The lowest BCUT2D eigenvalue weighted by Gasteiger charge is -2.16. The van der Waals surface area contributed by atoms with E-state index >= 15 is 0 Å². The van der Waals surface area contributed by atoms with Crippen molar-refractivity contribution >= 4 is 82.7 Å². The molecule has 0 unspecified atom stereocenters. The van der Waals surface area contributed by atoms with Crippen LogP contribution >= 0.6 is 15.9 Å². The summed E-state index contributed by atoms with van der Waals surface area (Å²) >= 11 is 3.50. The maximum atomic E-state index is 11.5. The first-order valence-corrected chi connectivity index (χ1v) is 5.44. The number of rotatable bonds is 1. The maximum absolute atomic E-state index is 11.5. The topological polar surface area (TPSA) is 17.1 Å². The molecule has 7 heteroatoms. The van der Waals surface area contributed by atoms with Crippen molar-refractivity contribution in [1.82, 2.24) is 0 Å². The molecule has 0 bridgehead atoms. The molecule has 0 aliphatic heterocycles. The van der Waals surface area contributed by atoms with Crippen LogP contribution < -0.4 is 21.9 Å². The zero-order chi connectivity index (χ0) is 11.0. The molecule has 0 heterocycles. The second kappa shape index (κ2) is 4.05. The molecule has 66 valence electrons. The Labute approximate surface area is 97.6 Å². The zero-order valence-electron chi connectivity index (χ0n) is 9.29. The monoisotopic (exact) mass is 244 g/mol. The molecule has 0 N–H and O–H groups in total. The molecule has 0 aliphatic carbocycles. The van der Waals surface area contributed by atoms with E-state index in [1.54, 1.807) is 7.85 Å². The van der Waals surface area contributed by atoms with Crippen LogP contribution in [0.2, 0.25) is 0 Å². The van der Waals surface area contributed by atoms with Crippen molar-refractivity contribution in [3.63, 3.8) is 0 Å². The largest absolute Gasteiger partial charge is 0.307 e. The summed E-state index contributed by atoms with van der Waals surface area (Å²) in [5, 5.41) is 0. The Balaban J connectivity index is 3.68. The first kappa shape index (κ1) is 11.8. The van der Waals surface area contributed by atoms with E-state index in [1.165, 1.54) is 16.4 Å². The average Bonchev–Trinajstić information content (AvgIpc) is 2.11. The summed E-state index contributed by atoms with van der Waals surface area (Å²) in [7, 11) is 9.81. The summed E-state index contributed by atoms with van der Waals surface area (Å²) in [5.41, 5.74) is 5.69. The predicted octanol–water partition coefficient (Wildman–Crippen LogP) is -5.74. The first-order valence-electron chi connectivity index (χ1n) is 4.64. The summed E-state index contributed by atoms with van der Waals surface area (Å²) < 4.78 is 0.950. The highest BCUT2D eigenvalue weighted by atomic mass is 79.9. The summed E-state index contributed by atoms with van der Waals surface area (Å²) in [4.78, 5) is 11.5. The summed E-state index contributed by atoms with van der Waals surface area (Å²) in [6, 6.07) is 0. The van der Waals surface area contributed by atoms with Gasteiger partial charge in [-0.15, -0.1) is 10.9 Å². The highest BCUT2D eigenvalue weighted by Gasteiger charge is 2.14.